The van der Waals surface area contributed by atoms with Gasteiger partial charge >= 0.3 is 0 Å². The number of benzene rings is 1. The summed E-state index contributed by atoms with van der Waals surface area (Å²) in [6.07, 6.45) is 4.55. The highest BCUT2D eigenvalue weighted by molar-refractivity contribution is 8.01. The number of halogens is 1. The number of nitrogens with zero attached hydrogens (tertiary/aromatic N) is 8. The quantitative estimate of drug-likeness (QED) is 0.259. The highest BCUT2D eigenvalue weighted by Gasteiger charge is 2.27. The number of aromatic amines is 1. The number of hydrogen-bond acceptors (Lipinski definition) is 11. The van der Waals surface area contributed by atoms with Crippen molar-refractivity contribution in [1.29, 1.82) is 0 Å². The number of ether oxygens (including phenoxy) is 2. The van der Waals surface area contributed by atoms with Crippen molar-refractivity contribution in [3.05, 3.63) is 53.8 Å². The lowest BCUT2D eigenvalue weighted by Gasteiger charge is -2.19. The Hall–Kier alpha value is -3.97. The molecule has 5 aromatic rings. The van der Waals surface area contributed by atoms with E-state index in [2.05, 4.69) is 52.0 Å². The Morgan fingerprint density at radius 3 is 2.41 bits per heavy atom. The second-order valence-electron chi connectivity index (χ2n) is 8.01. The number of anilines is 1. The summed E-state index contributed by atoms with van der Waals surface area (Å²) >= 11 is 7.39. The molecule has 0 aliphatic heterocycles. The zero-order chi connectivity index (χ0) is 25.9. The Balaban J connectivity index is 1.56. The zero-order valence-corrected chi connectivity index (χ0v) is 21.9. The Kier molecular flexibility index (Phi) is 7.06. The predicted molar refractivity (Wildman–Crippen MR) is 141 cm³/mol. The third-order valence-electron chi connectivity index (χ3n) is 5.80. The van der Waals surface area contributed by atoms with Gasteiger partial charge < -0.3 is 9.47 Å². The third-order valence-corrected chi connectivity index (χ3v) is 7.07. The van der Waals surface area contributed by atoms with Gasteiger partial charge in [-0.25, -0.2) is 14.5 Å². The van der Waals surface area contributed by atoms with Crippen LogP contribution in [0.15, 0.2) is 43.0 Å². The van der Waals surface area contributed by atoms with Crippen LogP contribution in [-0.2, 0) is 0 Å². The molecule has 37 heavy (non-hydrogen) atoms. The molecule has 12 nitrogen and oxygen atoms in total. The molecule has 0 aliphatic rings. The van der Waals surface area contributed by atoms with Crippen LogP contribution in [0.3, 0.4) is 0 Å². The summed E-state index contributed by atoms with van der Waals surface area (Å²) < 4.78 is 16.2. The molecule has 0 bridgehead atoms. The van der Waals surface area contributed by atoms with Gasteiger partial charge in [0.25, 0.3) is 0 Å². The Labute approximate surface area is 221 Å². The lowest BCUT2D eigenvalue weighted by Crippen LogP contribution is -2.15. The van der Waals surface area contributed by atoms with E-state index in [1.165, 1.54) is 32.5 Å². The van der Waals surface area contributed by atoms with Crippen LogP contribution in [0.4, 0.5) is 5.95 Å². The normalized spacial score (nSPS) is 12.9. The average molecular weight is 539 g/mol. The van der Waals surface area contributed by atoms with E-state index in [1.54, 1.807) is 17.0 Å². The second kappa shape index (κ2) is 10.6. The minimum Gasteiger partial charge on any atom is -0.479 e. The molecule has 5 rings (SSSR count). The molecule has 4 aromatic heterocycles. The van der Waals surface area contributed by atoms with Crippen molar-refractivity contribution in [3.8, 4) is 29.0 Å². The van der Waals surface area contributed by atoms with Crippen molar-refractivity contribution >= 4 is 40.4 Å². The van der Waals surface area contributed by atoms with E-state index in [4.69, 9.17) is 21.1 Å². The summed E-state index contributed by atoms with van der Waals surface area (Å²) in [6.45, 7) is 4.11. The highest BCUT2D eigenvalue weighted by atomic mass is 35.5. The van der Waals surface area contributed by atoms with Gasteiger partial charge in [-0.3, -0.25) is 9.82 Å². The van der Waals surface area contributed by atoms with E-state index in [-0.39, 0.29) is 22.9 Å². The standard InChI is InChI=1S/C23H23ClN10O2S/c1-12(19-25-9-14(24)10-26-19)13(2)37-33-23-32-31-20(17-15-7-5-6-8-16(15)29-30-17)34(23)18-21(35-3)27-11-28-22(18)36-4/h5-13H,1-4H3,(H,29,30)(H,32,33). The van der Waals surface area contributed by atoms with Gasteiger partial charge in [0.05, 0.1) is 24.8 Å². The minimum absolute atomic E-state index is 0.0185. The fraction of sp³-hybridized carbons (Fsp3) is 0.261. The van der Waals surface area contributed by atoms with E-state index >= 15 is 0 Å². The number of aromatic nitrogens is 9. The molecular weight excluding hydrogens is 516 g/mol. The van der Waals surface area contributed by atoms with Crippen LogP contribution >= 0.6 is 23.5 Å². The molecule has 2 N–H and O–H groups in total. The number of methoxy groups -OCH3 is 2. The molecule has 1 aromatic carbocycles. The first-order valence-corrected chi connectivity index (χ1v) is 12.5. The van der Waals surface area contributed by atoms with Crippen LogP contribution in [-0.4, -0.2) is 64.4 Å². The van der Waals surface area contributed by atoms with Gasteiger partial charge in [0.2, 0.25) is 17.7 Å². The molecule has 190 valence electrons. The van der Waals surface area contributed by atoms with Gasteiger partial charge in [0.15, 0.2) is 11.5 Å². The third kappa shape index (κ3) is 4.74. The highest BCUT2D eigenvalue weighted by Crippen LogP contribution is 2.37. The first-order chi connectivity index (χ1) is 18.0. The summed E-state index contributed by atoms with van der Waals surface area (Å²) in [5.41, 5.74) is 1.90. The van der Waals surface area contributed by atoms with Gasteiger partial charge in [-0.15, -0.1) is 10.2 Å². The van der Waals surface area contributed by atoms with Gasteiger partial charge in [-0.05, 0) is 18.0 Å². The van der Waals surface area contributed by atoms with Crippen molar-refractivity contribution in [1.82, 2.24) is 44.9 Å². The molecular formula is C23H23ClN10O2S. The molecule has 2 unspecified atom stereocenters. The number of hydrogen-bond donors (Lipinski definition) is 2. The van der Waals surface area contributed by atoms with Crippen LogP contribution in [0.5, 0.6) is 11.8 Å². The topological polar surface area (TPSA) is 141 Å². The van der Waals surface area contributed by atoms with E-state index in [0.29, 0.717) is 34.0 Å². The largest absolute Gasteiger partial charge is 0.479 e. The summed E-state index contributed by atoms with van der Waals surface area (Å²) in [4.78, 5) is 17.3. The van der Waals surface area contributed by atoms with Crippen molar-refractivity contribution in [3.63, 3.8) is 0 Å². The van der Waals surface area contributed by atoms with Crippen LogP contribution in [0, 0.1) is 0 Å². The van der Waals surface area contributed by atoms with Crippen molar-refractivity contribution < 1.29 is 9.47 Å². The first kappa shape index (κ1) is 24.7. The maximum absolute atomic E-state index is 5.94. The second-order valence-corrected chi connectivity index (χ2v) is 9.63. The summed E-state index contributed by atoms with van der Waals surface area (Å²) in [5, 5.41) is 17.9. The van der Waals surface area contributed by atoms with E-state index in [0.717, 1.165) is 10.9 Å². The van der Waals surface area contributed by atoms with Crippen molar-refractivity contribution in [2.24, 2.45) is 0 Å². The molecule has 0 saturated carbocycles. The molecule has 0 spiro atoms. The number of H-pyrrole nitrogens is 1. The van der Waals surface area contributed by atoms with Crippen LogP contribution in [0.25, 0.3) is 28.1 Å². The molecule has 2 atom stereocenters. The molecule has 0 radical (unpaired) electrons. The van der Waals surface area contributed by atoms with Crippen molar-refractivity contribution in [2.75, 3.05) is 18.9 Å². The zero-order valence-electron chi connectivity index (χ0n) is 20.4. The molecule has 0 aliphatic carbocycles. The lowest BCUT2D eigenvalue weighted by molar-refractivity contribution is 0.368. The summed E-state index contributed by atoms with van der Waals surface area (Å²) in [5.74, 6) is 2.15. The van der Waals surface area contributed by atoms with Gasteiger partial charge in [-0.1, -0.05) is 43.6 Å². The molecule has 0 amide bonds. The predicted octanol–water partition coefficient (Wildman–Crippen LogP) is 4.31. The van der Waals surface area contributed by atoms with Crippen molar-refractivity contribution in [2.45, 2.75) is 25.0 Å². The van der Waals surface area contributed by atoms with E-state index < -0.39 is 0 Å². The van der Waals surface area contributed by atoms with E-state index in [1.807, 2.05) is 31.2 Å². The Morgan fingerprint density at radius 2 is 1.70 bits per heavy atom. The van der Waals surface area contributed by atoms with Crippen LogP contribution in [0.2, 0.25) is 5.02 Å². The molecule has 14 heteroatoms. The maximum Gasteiger partial charge on any atom is 0.245 e. The van der Waals surface area contributed by atoms with Gasteiger partial charge in [-0.2, -0.15) is 15.1 Å². The minimum atomic E-state index is 0.0185. The summed E-state index contributed by atoms with van der Waals surface area (Å²) in [6, 6.07) is 7.77. The lowest BCUT2D eigenvalue weighted by atomic mass is 10.1. The van der Waals surface area contributed by atoms with Crippen LogP contribution in [0.1, 0.15) is 25.6 Å². The molecule has 0 saturated heterocycles. The molecule has 4 heterocycles. The molecule has 0 fully saturated rings. The van der Waals surface area contributed by atoms with Gasteiger partial charge in [0, 0.05) is 28.9 Å². The number of rotatable bonds is 9. The summed E-state index contributed by atoms with van der Waals surface area (Å²) in [7, 11) is 3.05. The SMILES string of the molecule is COc1ncnc(OC)c1-n1c(NSC(C)C(C)c2ncc(Cl)cn2)nnc1-c1n[nH]c2ccccc12. The van der Waals surface area contributed by atoms with Gasteiger partial charge in [0.1, 0.15) is 17.8 Å². The number of nitrogens with one attached hydrogen (secondary N) is 2. The van der Waals surface area contributed by atoms with Crippen LogP contribution < -0.4 is 14.2 Å². The Bertz CT molecular complexity index is 1500. The number of fused-ring (bicyclic) bond motifs is 1. The average Bonchev–Trinajstić information content (AvgIpc) is 3.55. The number of para-hydroxylation sites is 1. The smallest absolute Gasteiger partial charge is 0.245 e. The first-order valence-electron chi connectivity index (χ1n) is 11.2. The fourth-order valence-electron chi connectivity index (χ4n) is 3.70. The van der Waals surface area contributed by atoms with E-state index in [9.17, 15) is 0 Å². The fourth-order valence-corrected chi connectivity index (χ4v) is 4.55. The maximum atomic E-state index is 5.94. The monoisotopic (exact) mass is 538 g/mol. The Morgan fingerprint density at radius 1 is 1.00 bits per heavy atom.